The van der Waals surface area contributed by atoms with Crippen molar-refractivity contribution in [2.75, 3.05) is 20.2 Å². The minimum Gasteiger partial charge on any atom is -0.378 e. The van der Waals surface area contributed by atoms with Gasteiger partial charge in [0.25, 0.3) is 0 Å². The molecule has 5 nitrogen and oxygen atoms in total. The van der Waals surface area contributed by atoms with E-state index < -0.39 is 0 Å². The number of nitrogens with one attached hydrogen (secondary N) is 1. The minimum absolute atomic E-state index is 0.147. The van der Waals surface area contributed by atoms with Crippen LogP contribution in [0, 0.1) is 5.41 Å². The molecule has 1 aromatic heterocycles. The molecule has 0 aliphatic carbocycles. The molecule has 5 heteroatoms. The maximum Gasteiger partial charge on any atom is 0.138 e. The van der Waals surface area contributed by atoms with Crippen molar-refractivity contribution in [1.29, 1.82) is 0 Å². The smallest absolute Gasteiger partial charge is 0.138 e. The molecule has 0 saturated carbocycles. The summed E-state index contributed by atoms with van der Waals surface area (Å²) < 4.78 is 7.79. The monoisotopic (exact) mass is 252 g/mol. The Bertz CT molecular complexity index is 390. The fourth-order valence-corrected chi connectivity index (χ4v) is 2.84. The molecule has 18 heavy (non-hydrogen) atoms. The minimum atomic E-state index is 0.147. The maximum absolute atomic E-state index is 5.77. The van der Waals surface area contributed by atoms with Crippen LogP contribution in [0.2, 0.25) is 0 Å². The largest absolute Gasteiger partial charge is 0.378 e. The number of rotatable bonds is 5. The van der Waals surface area contributed by atoms with Gasteiger partial charge in [0, 0.05) is 31.0 Å². The molecule has 0 radical (unpaired) electrons. The molecule has 1 aliphatic rings. The van der Waals surface area contributed by atoms with Crippen LogP contribution >= 0.6 is 0 Å². The van der Waals surface area contributed by atoms with Crippen LogP contribution in [0.1, 0.15) is 39.1 Å². The van der Waals surface area contributed by atoms with Crippen molar-refractivity contribution in [3.63, 3.8) is 0 Å². The predicted molar refractivity (Wildman–Crippen MR) is 70.5 cm³/mol. The Hall–Kier alpha value is -0.940. The summed E-state index contributed by atoms with van der Waals surface area (Å²) in [5, 5.41) is 7.62. The third kappa shape index (κ3) is 2.42. The molecule has 1 N–H and O–H groups in total. The van der Waals surface area contributed by atoms with E-state index in [0.29, 0.717) is 6.04 Å². The van der Waals surface area contributed by atoms with E-state index in [1.807, 2.05) is 11.7 Å². The first-order chi connectivity index (χ1) is 8.59. The van der Waals surface area contributed by atoms with Crippen LogP contribution in [0.4, 0.5) is 0 Å². The summed E-state index contributed by atoms with van der Waals surface area (Å²) in [6.07, 6.45) is 3.93. The van der Waals surface area contributed by atoms with E-state index in [1.165, 1.54) is 0 Å². The third-order valence-corrected chi connectivity index (χ3v) is 4.01. The molecule has 102 valence electrons. The zero-order valence-electron chi connectivity index (χ0n) is 11.8. The van der Waals surface area contributed by atoms with E-state index in [1.54, 1.807) is 6.33 Å². The van der Waals surface area contributed by atoms with Crippen LogP contribution < -0.4 is 5.32 Å². The zero-order valence-corrected chi connectivity index (χ0v) is 11.8. The third-order valence-electron chi connectivity index (χ3n) is 4.01. The molecule has 2 unspecified atom stereocenters. The van der Waals surface area contributed by atoms with Crippen LogP contribution in [-0.2, 0) is 11.2 Å². The van der Waals surface area contributed by atoms with Crippen LogP contribution in [-0.4, -0.2) is 41.1 Å². The molecule has 2 rings (SSSR count). The molecule has 1 aliphatic heterocycles. The average molecular weight is 252 g/mol. The van der Waals surface area contributed by atoms with Gasteiger partial charge in [-0.05, 0) is 34.2 Å². The summed E-state index contributed by atoms with van der Waals surface area (Å²) in [5.41, 5.74) is 0.147. The van der Waals surface area contributed by atoms with Gasteiger partial charge in [-0.1, -0.05) is 0 Å². The normalized spacial score (nSPS) is 28.2. The second-order valence-corrected chi connectivity index (χ2v) is 5.55. The van der Waals surface area contributed by atoms with Gasteiger partial charge < -0.3 is 10.1 Å². The molecule has 0 spiro atoms. The molecule has 2 heterocycles. The Labute approximate surface area is 109 Å². The van der Waals surface area contributed by atoms with Crippen molar-refractivity contribution in [2.24, 2.45) is 5.41 Å². The van der Waals surface area contributed by atoms with Crippen molar-refractivity contribution in [3.05, 3.63) is 12.2 Å². The topological polar surface area (TPSA) is 52.0 Å². The molecule has 0 aromatic carbocycles. The van der Waals surface area contributed by atoms with E-state index in [4.69, 9.17) is 4.74 Å². The van der Waals surface area contributed by atoms with Crippen molar-refractivity contribution in [2.45, 2.75) is 45.8 Å². The number of nitrogens with zero attached hydrogens (tertiary/aromatic N) is 3. The van der Waals surface area contributed by atoms with Gasteiger partial charge in [0.05, 0.1) is 6.10 Å². The molecule has 1 saturated heterocycles. The Morgan fingerprint density at radius 3 is 2.94 bits per heavy atom. The summed E-state index contributed by atoms with van der Waals surface area (Å²) in [5.74, 6) is 1.07. The van der Waals surface area contributed by atoms with Gasteiger partial charge >= 0.3 is 0 Å². The molecule has 0 bridgehead atoms. The second-order valence-electron chi connectivity index (χ2n) is 5.55. The highest BCUT2D eigenvalue weighted by Gasteiger charge is 2.42. The van der Waals surface area contributed by atoms with E-state index in [-0.39, 0.29) is 11.5 Å². The Morgan fingerprint density at radius 2 is 2.39 bits per heavy atom. The van der Waals surface area contributed by atoms with Gasteiger partial charge in [-0.3, -0.25) is 0 Å². The van der Waals surface area contributed by atoms with Gasteiger partial charge in [0.2, 0.25) is 0 Å². The lowest BCUT2D eigenvalue weighted by molar-refractivity contribution is 0.0623. The lowest BCUT2D eigenvalue weighted by atomic mass is 9.78. The molecule has 1 fully saturated rings. The van der Waals surface area contributed by atoms with Gasteiger partial charge in [-0.2, -0.15) is 5.10 Å². The van der Waals surface area contributed by atoms with Gasteiger partial charge in [0.1, 0.15) is 12.2 Å². The van der Waals surface area contributed by atoms with Crippen LogP contribution in [0.25, 0.3) is 0 Å². The first kappa shape index (κ1) is 13.5. The van der Waals surface area contributed by atoms with Gasteiger partial charge in [-0.25, -0.2) is 9.67 Å². The highest BCUT2D eigenvalue weighted by Crippen LogP contribution is 2.37. The average Bonchev–Trinajstić information content (AvgIpc) is 2.89. The predicted octanol–water partition coefficient (Wildman–Crippen LogP) is 1.42. The summed E-state index contributed by atoms with van der Waals surface area (Å²) in [6, 6.07) is 0.353. The number of hydrogen-bond acceptors (Lipinski definition) is 4. The molecule has 1 aromatic rings. The highest BCUT2D eigenvalue weighted by molar-refractivity contribution is 5.01. The lowest BCUT2D eigenvalue weighted by Gasteiger charge is -2.32. The standard InChI is InChI=1S/C13H24N4O/c1-10(2)17-12(15-9-16-17)7-13(8-14-4)5-6-18-11(13)3/h9-11,14H,5-8H2,1-4H3. The first-order valence-electron chi connectivity index (χ1n) is 6.73. The number of hydrogen-bond donors (Lipinski definition) is 1. The van der Waals surface area contributed by atoms with E-state index in [9.17, 15) is 0 Å². The van der Waals surface area contributed by atoms with Crippen molar-refractivity contribution < 1.29 is 4.74 Å². The van der Waals surface area contributed by atoms with Gasteiger partial charge in [-0.15, -0.1) is 0 Å². The first-order valence-corrected chi connectivity index (χ1v) is 6.73. The zero-order chi connectivity index (χ0) is 13.2. The molecular weight excluding hydrogens is 228 g/mol. The number of ether oxygens (including phenoxy) is 1. The SMILES string of the molecule is CNCC1(Cc2ncnn2C(C)C)CCOC1C. The quantitative estimate of drug-likeness (QED) is 0.861. The lowest BCUT2D eigenvalue weighted by Crippen LogP contribution is -2.41. The van der Waals surface area contributed by atoms with E-state index in [0.717, 1.165) is 31.8 Å². The summed E-state index contributed by atoms with van der Waals surface area (Å²) in [7, 11) is 2.00. The summed E-state index contributed by atoms with van der Waals surface area (Å²) in [4.78, 5) is 4.43. The molecular formula is C13H24N4O. The Morgan fingerprint density at radius 1 is 1.61 bits per heavy atom. The second kappa shape index (κ2) is 5.36. The summed E-state index contributed by atoms with van der Waals surface area (Å²) >= 11 is 0. The van der Waals surface area contributed by atoms with E-state index >= 15 is 0 Å². The fraction of sp³-hybridized carbons (Fsp3) is 0.846. The van der Waals surface area contributed by atoms with Crippen LogP contribution in [0.5, 0.6) is 0 Å². The summed E-state index contributed by atoms with van der Waals surface area (Å²) in [6.45, 7) is 8.24. The van der Waals surface area contributed by atoms with Crippen molar-refractivity contribution in [3.8, 4) is 0 Å². The number of aromatic nitrogens is 3. The van der Waals surface area contributed by atoms with Crippen molar-refractivity contribution in [1.82, 2.24) is 20.1 Å². The highest BCUT2D eigenvalue weighted by atomic mass is 16.5. The van der Waals surface area contributed by atoms with Crippen LogP contribution in [0.3, 0.4) is 0 Å². The molecule has 0 amide bonds. The van der Waals surface area contributed by atoms with Gasteiger partial charge in [0.15, 0.2) is 0 Å². The Balaban J connectivity index is 2.21. The molecule has 2 atom stereocenters. The maximum atomic E-state index is 5.77. The van der Waals surface area contributed by atoms with Crippen LogP contribution in [0.15, 0.2) is 6.33 Å². The van der Waals surface area contributed by atoms with Crippen molar-refractivity contribution >= 4 is 0 Å². The van der Waals surface area contributed by atoms with E-state index in [2.05, 4.69) is 36.2 Å². The fourth-order valence-electron chi connectivity index (χ4n) is 2.84. The Kier molecular flexibility index (Phi) is 4.02.